The first kappa shape index (κ1) is 21.4. The number of ether oxygens (including phenoxy) is 1. The number of unbranched alkanes of at least 4 members (excludes halogenated alkanes) is 2. The summed E-state index contributed by atoms with van der Waals surface area (Å²) in [7, 11) is 0. The average Bonchev–Trinajstić information content (AvgIpc) is 3.14. The number of imidazole rings is 1. The molecule has 7 heteroatoms. The molecule has 0 radical (unpaired) electrons. The Kier molecular flexibility index (Phi) is 6.28. The summed E-state index contributed by atoms with van der Waals surface area (Å²) in [4.78, 5) is 33.2. The zero-order chi connectivity index (χ0) is 22.0. The SMILES string of the molecule is CCCCCN1C(=O)[C@@H](C(=O)OCC)[C@@H](c2ccccc2Cl)n2c1nc1ccccc12. The number of rotatable bonds is 7. The summed E-state index contributed by atoms with van der Waals surface area (Å²) in [5.41, 5.74) is 2.32. The van der Waals surface area contributed by atoms with Crippen molar-refractivity contribution in [2.75, 3.05) is 18.1 Å². The molecule has 1 aliphatic heterocycles. The molecule has 1 aromatic heterocycles. The fraction of sp³-hybridized carbons (Fsp3) is 0.375. The number of aromatic nitrogens is 2. The monoisotopic (exact) mass is 439 g/mol. The summed E-state index contributed by atoms with van der Waals surface area (Å²) >= 11 is 6.57. The highest BCUT2D eigenvalue weighted by Crippen LogP contribution is 2.43. The number of anilines is 1. The quantitative estimate of drug-likeness (QED) is 0.295. The van der Waals surface area contributed by atoms with Crippen LogP contribution in [-0.4, -0.2) is 34.6 Å². The minimum absolute atomic E-state index is 0.200. The fourth-order valence-corrected chi connectivity index (χ4v) is 4.52. The molecule has 0 saturated carbocycles. The number of carbonyl (C=O) groups excluding carboxylic acids is 2. The Balaban J connectivity index is 1.96. The lowest BCUT2D eigenvalue weighted by atomic mass is 9.89. The van der Waals surface area contributed by atoms with E-state index in [0.29, 0.717) is 23.1 Å². The Morgan fingerprint density at radius 3 is 2.58 bits per heavy atom. The highest BCUT2D eigenvalue weighted by atomic mass is 35.5. The van der Waals surface area contributed by atoms with Crippen LogP contribution in [0.1, 0.15) is 44.7 Å². The van der Waals surface area contributed by atoms with Gasteiger partial charge in [0.2, 0.25) is 11.9 Å². The van der Waals surface area contributed by atoms with Crippen LogP contribution >= 0.6 is 11.6 Å². The molecule has 0 N–H and O–H groups in total. The maximum atomic E-state index is 13.7. The maximum Gasteiger partial charge on any atom is 0.321 e. The van der Waals surface area contributed by atoms with E-state index in [9.17, 15) is 9.59 Å². The third-order valence-electron chi connectivity index (χ3n) is 5.69. The van der Waals surface area contributed by atoms with Gasteiger partial charge in [0.15, 0.2) is 5.92 Å². The lowest BCUT2D eigenvalue weighted by Gasteiger charge is -2.38. The average molecular weight is 440 g/mol. The third kappa shape index (κ3) is 3.81. The van der Waals surface area contributed by atoms with Gasteiger partial charge in [-0.1, -0.05) is 61.7 Å². The van der Waals surface area contributed by atoms with Crippen LogP contribution < -0.4 is 4.90 Å². The van der Waals surface area contributed by atoms with Crippen LogP contribution in [0, 0.1) is 5.92 Å². The summed E-state index contributed by atoms with van der Waals surface area (Å²) in [6.07, 6.45) is 2.85. The molecule has 0 bridgehead atoms. The van der Waals surface area contributed by atoms with Crippen molar-refractivity contribution in [3.05, 3.63) is 59.1 Å². The molecule has 0 aliphatic carbocycles. The van der Waals surface area contributed by atoms with Crippen molar-refractivity contribution >= 4 is 40.5 Å². The topological polar surface area (TPSA) is 64.4 Å². The standard InChI is InChI=1S/C24H26ClN3O3/c1-3-5-10-15-27-22(29)20(23(30)31-4-2)21(16-11-6-7-12-17(16)25)28-19-14-9-8-13-18(19)26-24(27)28/h6-9,11-14,20-21H,3-5,10,15H2,1-2H3/t20-,21+/m0/s1. The smallest absolute Gasteiger partial charge is 0.321 e. The Morgan fingerprint density at radius 1 is 1.10 bits per heavy atom. The normalized spacial score (nSPS) is 18.3. The van der Waals surface area contributed by atoms with Gasteiger partial charge in [-0.2, -0.15) is 0 Å². The molecule has 0 saturated heterocycles. The van der Waals surface area contributed by atoms with Crippen molar-refractivity contribution in [2.45, 2.75) is 39.2 Å². The predicted octanol–water partition coefficient (Wildman–Crippen LogP) is 5.00. The van der Waals surface area contributed by atoms with E-state index in [1.165, 1.54) is 0 Å². The molecule has 0 spiro atoms. The minimum Gasteiger partial charge on any atom is -0.465 e. The van der Waals surface area contributed by atoms with Crippen molar-refractivity contribution in [3.63, 3.8) is 0 Å². The number of nitrogens with zero attached hydrogens (tertiary/aromatic N) is 3. The van der Waals surface area contributed by atoms with Crippen LogP contribution in [0.2, 0.25) is 5.02 Å². The van der Waals surface area contributed by atoms with Crippen LogP contribution in [0.4, 0.5) is 5.95 Å². The van der Waals surface area contributed by atoms with Crippen LogP contribution in [0.3, 0.4) is 0 Å². The van der Waals surface area contributed by atoms with Gasteiger partial charge in [-0.3, -0.25) is 14.5 Å². The summed E-state index contributed by atoms with van der Waals surface area (Å²) < 4.78 is 7.34. The molecule has 1 aliphatic rings. The number of halogens is 1. The number of fused-ring (bicyclic) bond motifs is 3. The molecule has 1 amide bonds. The van der Waals surface area contributed by atoms with Gasteiger partial charge in [0.05, 0.1) is 23.7 Å². The molecule has 6 nitrogen and oxygen atoms in total. The largest absolute Gasteiger partial charge is 0.465 e. The summed E-state index contributed by atoms with van der Waals surface area (Å²) in [5.74, 6) is -1.32. The lowest BCUT2D eigenvalue weighted by molar-refractivity contribution is -0.153. The Hall–Kier alpha value is -2.86. The molecule has 2 aromatic carbocycles. The van der Waals surface area contributed by atoms with E-state index in [1.54, 1.807) is 17.9 Å². The second-order valence-electron chi connectivity index (χ2n) is 7.66. The zero-order valence-corrected chi connectivity index (χ0v) is 18.5. The maximum absolute atomic E-state index is 13.7. The lowest BCUT2D eigenvalue weighted by Crippen LogP contribution is -2.50. The van der Waals surface area contributed by atoms with Crippen LogP contribution in [0.15, 0.2) is 48.5 Å². The van der Waals surface area contributed by atoms with Crippen molar-refractivity contribution < 1.29 is 14.3 Å². The van der Waals surface area contributed by atoms with Gasteiger partial charge in [0, 0.05) is 11.6 Å². The van der Waals surface area contributed by atoms with Gasteiger partial charge >= 0.3 is 5.97 Å². The van der Waals surface area contributed by atoms with Gasteiger partial charge < -0.3 is 9.30 Å². The number of hydrogen-bond donors (Lipinski definition) is 0. The molecule has 4 rings (SSSR count). The summed E-state index contributed by atoms with van der Waals surface area (Å²) in [5, 5.41) is 0.498. The van der Waals surface area contributed by atoms with Gasteiger partial charge in [0.25, 0.3) is 0 Å². The van der Waals surface area contributed by atoms with Crippen LogP contribution in [0.25, 0.3) is 11.0 Å². The van der Waals surface area contributed by atoms with Crippen molar-refractivity contribution in [2.24, 2.45) is 5.92 Å². The van der Waals surface area contributed by atoms with Crippen LogP contribution in [0.5, 0.6) is 0 Å². The first-order chi connectivity index (χ1) is 15.1. The number of hydrogen-bond acceptors (Lipinski definition) is 4. The molecule has 0 fully saturated rings. The summed E-state index contributed by atoms with van der Waals surface area (Å²) in [6.45, 7) is 4.56. The Bertz CT molecular complexity index is 1110. The molecule has 2 heterocycles. The van der Waals surface area contributed by atoms with E-state index in [4.69, 9.17) is 21.3 Å². The van der Waals surface area contributed by atoms with E-state index < -0.39 is 17.9 Å². The Morgan fingerprint density at radius 2 is 1.84 bits per heavy atom. The fourth-order valence-electron chi connectivity index (χ4n) is 4.27. The second-order valence-corrected chi connectivity index (χ2v) is 8.07. The van der Waals surface area contributed by atoms with E-state index in [1.807, 2.05) is 47.0 Å². The van der Waals surface area contributed by atoms with E-state index in [0.717, 1.165) is 30.3 Å². The molecular formula is C24H26ClN3O3. The highest BCUT2D eigenvalue weighted by molar-refractivity contribution is 6.31. The first-order valence-corrected chi connectivity index (χ1v) is 11.2. The second kappa shape index (κ2) is 9.10. The van der Waals surface area contributed by atoms with Crippen molar-refractivity contribution in [1.29, 1.82) is 0 Å². The highest BCUT2D eigenvalue weighted by Gasteiger charge is 2.48. The Labute approximate surface area is 186 Å². The third-order valence-corrected chi connectivity index (χ3v) is 6.04. The van der Waals surface area contributed by atoms with E-state index >= 15 is 0 Å². The number of carbonyl (C=O) groups is 2. The summed E-state index contributed by atoms with van der Waals surface area (Å²) in [6, 6.07) is 14.4. The van der Waals surface area contributed by atoms with Crippen LogP contribution in [-0.2, 0) is 14.3 Å². The van der Waals surface area contributed by atoms with Crippen molar-refractivity contribution in [3.8, 4) is 0 Å². The molecule has 2 atom stereocenters. The van der Waals surface area contributed by atoms with Gasteiger partial charge in [-0.15, -0.1) is 0 Å². The molecule has 31 heavy (non-hydrogen) atoms. The number of para-hydroxylation sites is 2. The predicted molar refractivity (Wildman–Crippen MR) is 121 cm³/mol. The first-order valence-electron chi connectivity index (χ1n) is 10.8. The minimum atomic E-state index is -1.04. The van der Waals surface area contributed by atoms with Crippen molar-refractivity contribution in [1.82, 2.24) is 9.55 Å². The van der Waals surface area contributed by atoms with E-state index in [-0.39, 0.29) is 12.5 Å². The number of benzene rings is 2. The van der Waals surface area contributed by atoms with Gasteiger partial charge in [0.1, 0.15) is 0 Å². The molecule has 0 unspecified atom stereocenters. The zero-order valence-electron chi connectivity index (χ0n) is 17.8. The number of amides is 1. The van der Waals surface area contributed by atoms with Gasteiger partial charge in [-0.25, -0.2) is 4.98 Å². The molecule has 162 valence electrons. The molecular weight excluding hydrogens is 414 g/mol. The molecule has 3 aromatic rings. The number of esters is 1. The van der Waals surface area contributed by atoms with Gasteiger partial charge in [-0.05, 0) is 37.1 Å². The van der Waals surface area contributed by atoms with E-state index in [2.05, 4.69) is 6.92 Å².